The van der Waals surface area contributed by atoms with Gasteiger partial charge in [0, 0.05) is 12.1 Å². The van der Waals surface area contributed by atoms with Crippen LogP contribution in [0.25, 0.3) is 0 Å². The van der Waals surface area contributed by atoms with Crippen molar-refractivity contribution < 1.29 is 10.3 Å². The molecule has 0 atom stereocenters. The molecule has 0 saturated heterocycles. The number of hydroxylamine groups is 1. The summed E-state index contributed by atoms with van der Waals surface area (Å²) in [5, 5.41) is 18.1. The average molecular weight is 209 g/mol. The van der Waals surface area contributed by atoms with Crippen LogP contribution in [-0.2, 0) is 13.0 Å². The van der Waals surface area contributed by atoms with Gasteiger partial charge < -0.3 is 10.3 Å². The van der Waals surface area contributed by atoms with Crippen LogP contribution in [0.4, 0.5) is 0 Å². The summed E-state index contributed by atoms with van der Waals surface area (Å²) in [6.07, 6.45) is 0.950. The minimum Gasteiger partial charge on any atom is -0.508 e. The topological polar surface area (TPSA) is 52.5 Å². The van der Waals surface area contributed by atoms with Crippen LogP contribution in [0.15, 0.2) is 18.2 Å². The van der Waals surface area contributed by atoms with E-state index in [1.165, 1.54) is 5.56 Å². The number of hydrogen-bond acceptors (Lipinski definition) is 3. The van der Waals surface area contributed by atoms with Crippen molar-refractivity contribution in [3.05, 3.63) is 29.3 Å². The number of phenols is 1. The Kier molecular flexibility index (Phi) is 3.72. The van der Waals surface area contributed by atoms with E-state index in [0.29, 0.717) is 0 Å². The minimum atomic E-state index is 0.217. The first-order valence-corrected chi connectivity index (χ1v) is 5.10. The molecule has 0 radical (unpaired) electrons. The fourth-order valence-corrected chi connectivity index (χ4v) is 1.59. The molecule has 0 bridgehead atoms. The van der Waals surface area contributed by atoms with Crippen LogP contribution in [0.2, 0.25) is 0 Å². The molecule has 0 spiro atoms. The van der Waals surface area contributed by atoms with Crippen molar-refractivity contribution in [2.24, 2.45) is 5.41 Å². The fraction of sp³-hybridized carbons (Fsp3) is 0.500. The van der Waals surface area contributed by atoms with Crippen molar-refractivity contribution >= 4 is 0 Å². The van der Waals surface area contributed by atoms with E-state index in [-0.39, 0.29) is 17.7 Å². The molecule has 1 aromatic carbocycles. The molecule has 0 aromatic heterocycles. The van der Waals surface area contributed by atoms with Crippen LogP contribution in [0.5, 0.6) is 5.75 Å². The van der Waals surface area contributed by atoms with Crippen LogP contribution in [0.3, 0.4) is 0 Å². The lowest BCUT2D eigenvalue weighted by Gasteiger charge is -2.18. The molecule has 0 unspecified atom stereocenters. The molecule has 0 amide bonds. The van der Waals surface area contributed by atoms with Crippen LogP contribution >= 0.6 is 0 Å². The van der Waals surface area contributed by atoms with Gasteiger partial charge in [-0.25, -0.2) is 5.48 Å². The molecule has 0 aliphatic heterocycles. The van der Waals surface area contributed by atoms with Crippen molar-refractivity contribution in [3.63, 3.8) is 0 Å². The van der Waals surface area contributed by atoms with Gasteiger partial charge in [0.1, 0.15) is 5.75 Å². The highest BCUT2D eigenvalue weighted by Crippen LogP contribution is 2.24. The van der Waals surface area contributed by atoms with E-state index in [9.17, 15) is 5.11 Å². The molecule has 3 nitrogen and oxygen atoms in total. The lowest BCUT2D eigenvalue weighted by atomic mass is 9.87. The summed E-state index contributed by atoms with van der Waals surface area (Å²) >= 11 is 0. The van der Waals surface area contributed by atoms with Gasteiger partial charge in [-0.2, -0.15) is 0 Å². The summed E-state index contributed by atoms with van der Waals surface area (Å²) in [7, 11) is 0. The molecule has 3 N–H and O–H groups in total. The van der Waals surface area contributed by atoms with Crippen LogP contribution < -0.4 is 5.48 Å². The van der Waals surface area contributed by atoms with E-state index in [1.807, 2.05) is 12.1 Å². The summed E-state index contributed by atoms with van der Waals surface area (Å²) in [5.41, 5.74) is 4.17. The molecule has 15 heavy (non-hydrogen) atoms. The van der Waals surface area contributed by atoms with Gasteiger partial charge >= 0.3 is 0 Å². The zero-order chi connectivity index (χ0) is 11.5. The Hall–Kier alpha value is -1.06. The second-order valence-corrected chi connectivity index (χ2v) is 5.04. The minimum absolute atomic E-state index is 0.217. The molecule has 1 aromatic rings. The third kappa shape index (κ3) is 3.90. The Labute approximate surface area is 90.7 Å². The largest absolute Gasteiger partial charge is 0.508 e. The zero-order valence-electron chi connectivity index (χ0n) is 9.54. The number of benzene rings is 1. The predicted molar refractivity (Wildman–Crippen MR) is 59.9 cm³/mol. The molecular weight excluding hydrogens is 190 g/mol. The van der Waals surface area contributed by atoms with Crippen molar-refractivity contribution in [2.45, 2.75) is 33.7 Å². The Bertz CT molecular complexity index is 329. The van der Waals surface area contributed by atoms with Gasteiger partial charge in [0.15, 0.2) is 0 Å². The standard InChI is InChI=1S/C12H19NO2/c1-12(2,3)7-9-4-5-11(14)10(6-9)8-13-15/h4-6,13-15H,7-8H2,1-3H3. The molecule has 0 saturated carbocycles. The third-order valence-corrected chi connectivity index (χ3v) is 2.15. The van der Waals surface area contributed by atoms with Crippen molar-refractivity contribution in [2.75, 3.05) is 0 Å². The number of hydrogen-bond donors (Lipinski definition) is 3. The Morgan fingerprint density at radius 3 is 2.47 bits per heavy atom. The average Bonchev–Trinajstić information content (AvgIpc) is 2.09. The van der Waals surface area contributed by atoms with Gasteiger partial charge in [0.2, 0.25) is 0 Å². The summed E-state index contributed by atoms with van der Waals surface area (Å²) in [5.74, 6) is 0.217. The normalized spacial score (nSPS) is 11.7. The van der Waals surface area contributed by atoms with E-state index >= 15 is 0 Å². The molecule has 0 aliphatic rings. The maximum atomic E-state index is 9.51. The van der Waals surface area contributed by atoms with Crippen molar-refractivity contribution in [1.29, 1.82) is 0 Å². The van der Waals surface area contributed by atoms with Gasteiger partial charge in [-0.15, -0.1) is 0 Å². The first-order chi connectivity index (χ1) is 6.92. The number of nitrogens with one attached hydrogen (secondary N) is 1. The van der Waals surface area contributed by atoms with Gasteiger partial charge in [-0.05, 0) is 23.5 Å². The highest BCUT2D eigenvalue weighted by Gasteiger charge is 2.12. The van der Waals surface area contributed by atoms with E-state index in [1.54, 1.807) is 6.07 Å². The molecule has 84 valence electrons. The number of aromatic hydroxyl groups is 1. The maximum Gasteiger partial charge on any atom is 0.120 e. The zero-order valence-corrected chi connectivity index (χ0v) is 9.54. The number of phenolic OH excluding ortho intramolecular Hbond substituents is 1. The maximum absolute atomic E-state index is 9.51. The van der Waals surface area contributed by atoms with Crippen LogP contribution in [0, 0.1) is 5.41 Å². The monoisotopic (exact) mass is 209 g/mol. The Balaban J connectivity index is 2.87. The van der Waals surface area contributed by atoms with Gasteiger partial charge in [-0.1, -0.05) is 32.9 Å². The lowest BCUT2D eigenvalue weighted by Crippen LogP contribution is -2.11. The molecule has 0 fully saturated rings. The molecule has 1 rings (SSSR count). The first-order valence-electron chi connectivity index (χ1n) is 5.10. The summed E-state index contributed by atoms with van der Waals surface area (Å²) < 4.78 is 0. The van der Waals surface area contributed by atoms with Crippen LogP contribution in [-0.4, -0.2) is 10.3 Å². The predicted octanol–water partition coefficient (Wildman–Crippen LogP) is 2.46. The quantitative estimate of drug-likeness (QED) is 0.670. The molecule has 3 heteroatoms. The van der Waals surface area contributed by atoms with Crippen LogP contribution in [0.1, 0.15) is 31.9 Å². The first kappa shape index (κ1) is 12.0. The molecule has 0 heterocycles. The van der Waals surface area contributed by atoms with Gasteiger partial charge in [-0.3, -0.25) is 0 Å². The van der Waals surface area contributed by atoms with E-state index in [2.05, 4.69) is 26.3 Å². The van der Waals surface area contributed by atoms with Gasteiger partial charge in [0.05, 0.1) is 0 Å². The second-order valence-electron chi connectivity index (χ2n) is 5.04. The summed E-state index contributed by atoms with van der Waals surface area (Å²) in [4.78, 5) is 0. The van der Waals surface area contributed by atoms with E-state index in [0.717, 1.165) is 12.0 Å². The highest BCUT2D eigenvalue weighted by molar-refractivity contribution is 5.36. The van der Waals surface area contributed by atoms with Crippen molar-refractivity contribution in [3.8, 4) is 5.75 Å². The lowest BCUT2D eigenvalue weighted by molar-refractivity contribution is 0.160. The van der Waals surface area contributed by atoms with Gasteiger partial charge in [0.25, 0.3) is 0 Å². The molecular formula is C12H19NO2. The summed E-state index contributed by atoms with van der Waals surface area (Å²) in [6, 6.07) is 5.51. The SMILES string of the molecule is CC(C)(C)Cc1ccc(O)c(CNO)c1. The summed E-state index contributed by atoms with van der Waals surface area (Å²) in [6.45, 7) is 6.78. The van der Waals surface area contributed by atoms with E-state index < -0.39 is 0 Å². The smallest absolute Gasteiger partial charge is 0.120 e. The Morgan fingerprint density at radius 1 is 1.27 bits per heavy atom. The van der Waals surface area contributed by atoms with E-state index in [4.69, 9.17) is 5.21 Å². The highest BCUT2D eigenvalue weighted by atomic mass is 16.5. The Morgan fingerprint density at radius 2 is 1.93 bits per heavy atom. The number of rotatable bonds is 3. The molecule has 0 aliphatic carbocycles. The van der Waals surface area contributed by atoms with Crippen molar-refractivity contribution in [1.82, 2.24) is 5.48 Å². The third-order valence-electron chi connectivity index (χ3n) is 2.15. The second kappa shape index (κ2) is 4.64. The fourth-order valence-electron chi connectivity index (χ4n) is 1.59.